The van der Waals surface area contributed by atoms with E-state index in [0.717, 1.165) is 11.1 Å². The Balaban J connectivity index is 1.56. The van der Waals surface area contributed by atoms with Crippen LogP contribution < -0.4 is 16.5 Å². The molecule has 2 aromatic carbocycles. The molecule has 0 aliphatic heterocycles. The Bertz CT molecular complexity index is 1060. The second-order valence-electron chi connectivity index (χ2n) is 5.93. The molecule has 0 aliphatic rings. The van der Waals surface area contributed by atoms with Gasteiger partial charge in [0.05, 0.1) is 12.7 Å². The summed E-state index contributed by atoms with van der Waals surface area (Å²) >= 11 is 0. The fourth-order valence-corrected chi connectivity index (χ4v) is 2.42. The number of oxazole rings is 1. The van der Waals surface area contributed by atoms with Gasteiger partial charge < -0.3 is 15.5 Å². The van der Waals surface area contributed by atoms with Crippen molar-refractivity contribution < 1.29 is 19.2 Å². The van der Waals surface area contributed by atoms with Gasteiger partial charge >= 0.3 is 0 Å². The minimum atomic E-state index is -0.599. The summed E-state index contributed by atoms with van der Waals surface area (Å²) in [5.74, 6) is 5.08. The first kappa shape index (κ1) is 19.8. The van der Waals surface area contributed by atoms with Gasteiger partial charge in [0, 0.05) is 23.2 Å². The molecular formula is C21H18N4O4. The molecule has 3 rings (SSSR count). The fraction of sp³-hybridized carbons (Fsp3) is 0.0952. The molecule has 0 bridgehead atoms. The zero-order chi connectivity index (χ0) is 20.6. The minimum absolute atomic E-state index is 0.0871. The third-order valence-corrected chi connectivity index (χ3v) is 3.98. The number of hydrogen-bond acceptors (Lipinski definition) is 6. The quantitative estimate of drug-likeness (QED) is 0.298. The van der Waals surface area contributed by atoms with Crippen molar-refractivity contribution in [3.05, 3.63) is 77.2 Å². The third kappa shape index (κ3) is 5.07. The maximum absolute atomic E-state index is 12.2. The van der Waals surface area contributed by atoms with E-state index < -0.39 is 11.8 Å². The first-order valence-electron chi connectivity index (χ1n) is 8.67. The van der Waals surface area contributed by atoms with Crippen molar-refractivity contribution in [1.82, 2.24) is 15.8 Å². The molecule has 8 heteroatoms. The van der Waals surface area contributed by atoms with Crippen molar-refractivity contribution in [2.24, 2.45) is 5.73 Å². The van der Waals surface area contributed by atoms with Crippen LogP contribution in [0.3, 0.4) is 0 Å². The number of carbonyl (C=O) groups excluding carboxylic acids is 2. The molecule has 146 valence electrons. The monoisotopic (exact) mass is 390 g/mol. The molecule has 0 saturated carbocycles. The topological polar surface area (TPSA) is 130 Å². The van der Waals surface area contributed by atoms with Crippen LogP contribution in [0.5, 0.6) is 0 Å². The van der Waals surface area contributed by atoms with Gasteiger partial charge in [-0.2, -0.15) is 0 Å². The van der Waals surface area contributed by atoms with Crippen LogP contribution in [0.25, 0.3) is 11.5 Å². The van der Waals surface area contributed by atoms with Crippen LogP contribution in [0, 0.1) is 11.8 Å². The Morgan fingerprint density at radius 2 is 1.79 bits per heavy atom. The van der Waals surface area contributed by atoms with E-state index in [-0.39, 0.29) is 12.3 Å². The SMILES string of the molecule is NCc1ccc(-c2ncc(C(=O)NCC#Cc3ccc(C(=O)NO)cc3)o2)cc1. The lowest BCUT2D eigenvalue weighted by atomic mass is 10.1. The zero-order valence-corrected chi connectivity index (χ0v) is 15.3. The smallest absolute Gasteiger partial charge is 0.289 e. The first-order chi connectivity index (χ1) is 14.1. The van der Waals surface area contributed by atoms with Crippen LogP contribution >= 0.6 is 0 Å². The molecule has 0 spiro atoms. The number of carbonyl (C=O) groups is 2. The zero-order valence-electron chi connectivity index (χ0n) is 15.3. The lowest BCUT2D eigenvalue weighted by Gasteiger charge is -1.99. The van der Waals surface area contributed by atoms with Gasteiger partial charge in [-0.25, -0.2) is 10.5 Å². The number of nitrogens with one attached hydrogen (secondary N) is 2. The van der Waals surface area contributed by atoms with E-state index in [2.05, 4.69) is 22.1 Å². The molecule has 1 aromatic heterocycles. The molecule has 0 fully saturated rings. The first-order valence-corrected chi connectivity index (χ1v) is 8.67. The summed E-state index contributed by atoms with van der Waals surface area (Å²) in [7, 11) is 0. The van der Waals surface area contributed by atoms with Gasteiger partial charge in [-0.15, -0.1) is 0 Å². The van der Waals surface area contributed by atoms with Crippen molar-refractivity contribution in [1.29, 1.82) is 0 Å². The molecule has 29 heavy (non-hydrogen) atoms. The number of hydrogen-bond donors (Lipinski definition) is 4. The van der Waals surface area contributed by atoms with Gasteiger partial charge in [0.15, 0.2) is 0 Å². The van der Waals surface area contributed by atoms with E-state index in [1.54, 1.807) is 17.6 Å². The molecule has 0 atom stereocenters. The molecule has 0 unspecified atom stereocenters. The maximum Gasteiger partial charge on any atom is 0.289 e. The number of nitrogens with two attached hydrogens (primary N) is 1. The van der Waals surface area contributed by atoms with E-state index in [1.807, 2.05) is 24.3 Å². The van der Waals surface area contributed by atoms with E-state index in [0.29, 0.717) is 23.6 Å². The van der Waals surface area contributed by atoms with Gasteiger partial charge in [0.1, 0.15) is 0 Å². The van der Waals surface area contributed by atoms with Crippen molar-refractivity contribution in [3.8, 4) is 23.3 Å². The predicted molar refractivity (Wildman–Crippen MR) is 105 cm³/mol. The lowest BCUT2D eigenvalue weighted by molar-refractivity contribution is 0.0706. The minimum Gasteiger partial charge on any atom is -0.431 e. The van der Waals surface area contributed by atoms with Crippen molar-refractivity contribution in [2.45, 2.75) is 6.54 Å². The molecule has 0 radical (unpaired) electrons. The normalized spacial score (nSPS) is 10.0. The predicted octanol–water partition coefficient (Wildman–Crippen LogP) is 1.70. The van der Waals surface area contributed by atoms with Gasteiger partial charge in [0.25, 0.3) is 11.8 Å². The van der Waals surface area contributed by atoms with Crippen LogP contribution in [0.15, 0.2) is 59.1 Å². The second-order valence-corrected chi connectivity index (χ2v) is 5.93. The van der Waals surface area contributed by atoms with Gasteiger partial charge in [-0.05, 0) is 42.0 Å². The average molecular weight is 390 g/mol. The number of aromatic nitrogens is 1. The number of amides is 2. The van der Waals surface area contributed by atoms with Crippen LogP contribution in [-0.4, -0.2) is 28.6 Å². The highest BCUT2D eigenvalue weighted by Crippen LogP contribution is 2.19. The number of nitrogens with zero attached hydrogens (tertiary/aromatic N) is 1. The Morgan fingerprint density at radius 3 is 2.45 bits per heavy atom. The Morgan fingerprint density at radius 1 is 1.07 bits per heavy atom. The fourth-order valence-electron chi connectivity index (χ4n) is 2.42. The lowest BCUT2D eigenvalue weighted by Crippen LogP contribution is -2.23. The number of benzene rings is 2. The molecule has 3 aromatic rings. The maximum atomic E-state index is 12.2. The highest BCUT2D eigenvalue weighted by atomic mass is 16.5. The third-order valence-electron chi connectivity index (χ3n) is 3.98. The molecule has 5 N–H and O–H groups in total. The number of rotatable bonds is 5. The summed E-state index contributed by atoms with van der Waals surface area (Å²) in [5.41, 5.74) is 9.84. The summed E-state index contributed by atoms with van der Waals surface area (Å²) in [4.78, 5) is 27.5. The van der Waals surface area contributed by atoms with Crippen molar-refractivity contribution >= 4 is 11.8 Å². The Kier molecular flexibility index (Phi) is 6.37. The van der Waals surface area contributed by atoms with E-state index in [1.165, 1.54) is 18.3 Å². The molecule has 0 saturated heterocycles. The van der Waals surface area contributed by atoms with E-state index in [9.17, 15) is 9.59 Å². The molecule has 0 aliphatic carbocycles. The van der Waals surface area contributed by atoms with Crippen LogP contribution in [0.4, 0.5) is 0 Å². The van der Waals surface area contributed by atoms with Crippen LogP contribution in [0.2, 0.25) is 0 Å². The summed E-state index contributed by atoms with van der Waals surface area (Å²) < 4.78 is 5.51. The average Bonchev–Trinajstić information content (AvgIpc) is 3.27. The largest absolute Gasteiger partial charge is 0.431 e. The highest BCUT2D eigenvalue weighted by Gasteiger charge is 2.12. The molecule has 8 nitrogen and oxygen atoms in total. The molecule has 2 amide bonds. The van der Waals surface area contributed by atoms with E-state index in [4.69, 9.17) is 15.4 Å². The van der Waals surface area contributed by atoms with Crippen molar-refractivity contribution in [3.63, 3.8) is 0 Å². The van der Waals surface area contributed by atoms with E-state index >= 15 is 0 Å². The summed E-state index contributed by atoms with van der Waals surface area (Å²) in [6, 6.07) is 13.7. The standard InChI is InChI=1S/C21H18N4O4/c22-12-15-5-9-17(10-6-15)21-24-13-18(29-21)20(27)23-11-1-2-14-3-7-16(8-4-14)19(26)25-28/h3-10,13,28H,11-12,22H2,(H,23,27)(H,25,26). The summed E-state index contributed by atoms with van der Waals surface area (Å²) in [5, 5.41) is 11.2. The second kappa shape index (κ2) is 9.32. The Hall–Kier alpha value is -3.93. The van der Waals surface area contributed by atoms with Gasteiger partial charge in [0.2, 0.25) is 11.7 Å². The Labute approximate surface area is 166 Å². The van der Waals surface area contributed by atoms with Gasteiger partial charge in [-0.1, -0.05) is 24.0 Å². The summed E-state index contributed by atoms with van der Waals surface area (Å²) in [6.07, 6.45) is 1.36. The number of hydroxylamine groups is 1. The van der Waals surface area contributed by atoms with Gasteiger partial charge in [-0.3, -0.25) is 14.8 Å². The molecular weight excluding hydrogens is 372 g/mol. The summed E-state index contributed by atoms with van der Waals surface area (Å²) in [6.45, 7) is 0.557. The van der Waals surface area contributed by atoms with Crippen molar-refractivity contribution in [2.75, 3.05) is 6.54 Å². The molecule has 1 heterocycles. The highest BCUT2D eigenvalue weighted by molar-refractivity contribution is 5.93. The van der Waals surface area contributed by atoms with Crippen LogP contribution in [-0.2, 0) is 6.54 Å². The van der Waals surface area contributed by atoms with Crippen LogP contribution in [0.1, 0.15) is 32.0 Å².